The maximum absolute atomic E-state index is 11.6. The van der Waals surface area contributed by atoms with Crippen LogP contribution in [0.25, 0.3) is 0 Å². The zero-order valence-electron chi connectivity index (χ0n) is 11.6. The Bertz CT molecular complexity index is 324. The van der Waals surface area contributed by atoms with Crippen molar-refractivity contribution in [3.63, 3.8) is 0 Å². The van der Waals surface area contributed by atoms with Crippen LogP contribution in [0.1, 0.15) is 52.7 Å². The Morgan fingerprint density at radius 1 is 0.750 bits per heavy atom. The second-order valence-corrected chi connectivity index (χ2v) is 6.25. The van der Waals surface area contributed by atoms with E-state index in [2.05, 4.69) is 47.6 Å². The Morgan fingerprint density at radius 3 is 1.31 bits per heavy atom. The van der Waals surface area contributed by atoms with E-state index in [1.807, 2.05) is 0 Å². The van der Waals surface area contributed by atoms with E-state index in [1.54, 1.807) is 12.1 Å². The maximum Gasteiger partial charge on any atom is 1.00 e. The van der Waals surface area contributed by atoms with Crippen molar-refractivity contribution >= 4 is 0 Å². The Hall–Kier alpha value is 0.656. The fourth-order valence-electron chi connectivity index (χ4n) is 1.47. The first-order valence-electron chi connectivity index (χ1n) is 5.44. The molecule has 0 fully saturated rings. The molecule has 0 bridgehead atoms. The van der Waals surface area contributed by atoms with Crippen LogP contribution in [0.3, 0.4) is 0 Å². The Balaban J connectivity index is 0.00000225. The van der Waals surface area contributed by atoms with Crippen molar-refractivity contribution in [3.05, 3.63) is 29.3 Å². The van der Waals surface area contributed by atoms with E-state index in [0.717, 1.165) is 11.1 Å². The molecule has 1 aromatic rings. The standard InChI is InChI=1S/C14H22O.K/c1-13(2,3)10-7-11(14(4,5)6)9-12(15)8-10;/h7-9,15H,1-6H3;/q;+1/p-1. The van der Waals surface area contributed by atoms with E-state index in [4.69, 9.17) is 0 Å². The van der Waals surface area contributed by atoms with Gasteiger partial charge in [0.25, 0.3) is 0 Å². The quantitative estimate of drug-likeness (QED) is 0.604. The molecule has 16 heavy (non-hydrogen) atoms. The Morgan fingerprint density at radius 2 is 1.06 bits per heavy atom. The molecule has 0 N–H and O–H groups in total. The molecular formula is C14H21KO. The summed E-state index contributed by atoms with van der Waals surface area (Å²) < 4.78 is 0. The van der Waals surface area contributed by atoms with Gasteiger partial charge in [0.15, 0.2) is 0 Å². The molecule has 0 aliphatic carbocycles. The Kier molecular flexibility index (Phi) is 5.76. The van der Waals surface area contributed by atoms with Crippen LogP contribution in [0, 0.1) is 0 Å². The predicted octanol–water partition coefficient (Wildman–Crippen LogP) is 0.359. The molecule has 0 spiro atoms. The van der Waals surface area contributed by atoms with Gasteiger partial charge in [0, 0.05) is 0 Å². The molecular weight excluding hydrogens is 223 g/mol. The molecule has 2 heteroatoms. The summed E-state index contributed by atoms with van der Waals surface area (Å²) in [5.41, 5.74) is 2.33. The Labute approximate surface area is 142 Å². The third kappa shape index (κ3) is 4.50. The van der Waals surface area contributed by atoms with Gasteiger partial charge < -0.3 is 5.11 Å². The van der Waals surface area contributed by atoms with Crippen LogP contribution in [-0.4, -0.2) is 0 Å². The molecule has 0 atom stereocenters. The minimum absolute atomic E-state index is 0. The molecule has 84 valence electrons. The van der Waals surface area contributed by atoms with E-state index < -0.39 is 0 Å². The summed E-state index contributed by atoms with van der Waals surface area (Å²) in [6.45, 7) is 12.8. The normalized spacial score (nSPS) is 12.1. The van der Waals surface area contributed by atoms with E-state index >= 15 is 0 Å². The predicted molar refractivity (Wildman–Crippen MR) is 63.3 cm³/mol. The van der Waals surface area contributed by atoms with Gasteiger partial charge in [-0.25, -0.2) is 0 Å². The van der Waals surface area contributed by atoms with Crippen molar-refractivity contribution in [2.75, 3.05) is 0 Å². The molecule has 0 aromatic heterocycles. The second-order valence-electron chi connectivity index (χ2n) is 6.25. The summed E-state index contributed by atoms with van der Waals surface area (Å²) in [5.74, 6) is 0.118. The molecule has 0 amide bonds. The fraction of sp³-hybridized carbons (Fsp3) is 0.571. The van der Waals surface area contributed by atoms with Gasteiger partial charge >= 0.3 is 51.4 Å². The molecule has 0 saturated heterocycles. The molecule has 0 saturated carbocycles. The molecule has 1 rings (SSSR count). The van der Waals surface area contributed by atoms with Crippen molar-refractivity contribution in [2.45, 2.75) is 52.4 Å². The number of benzene rings is 1. The summed E-state index contributed by atoms with van der Waals surface area (Å²) in [4.78, 5) is 0. The average Bonchev–Trinajstić information content (AvgIpc) is 1.99. The van der Waals surface area contributed by atoms with Gasteiger partial charge in [0.2, 0.25) is 0 Å². The first kappa shape index (κ1) is 16.7. The van der Waals surface area contributed by atoms with Crippen LogP contribution in [0.2, 0.25) is 0 Å². The molecule has 0 heterocycles. The zero-order chi connectivity index (χ0) is 11.9. The van der Waals surface area contributed by atoms with Crippen molar-refractivity contribution in [3.8, 4) is 5.75 Å². The van der Waals surface area contributed by atoms with Crippen LogP contribution in [0.5, 0.6) is 5.75 Å². The molecule has 0 aliphatic rings. The van der Waals surface area contributed by atoms with Crippen LogP contribution >= 0.6 is 0 Å². The first-order chi connectivity index (χ1) is 6.60. The van der Waals surface area contributed by atoms with Gasteiger partial charge in [-0.15, -0.1) is 5.75 Å². The topological polar surface area (TPSA) is 23.1 Å². The monoisotopic (exact) mass is 244 g/mol. The molecule has 0 radical (unpaired) electrons. The average molecular weight is 244 g/mol. The van der Waals surface area contributed by atoms with Gasteiger partial charge in [-0.1, -0.05) is 59.7 Å². The van der Waals surface area contributed by atoms with Crippen LogP contribution < -0.4 is 56.5 Å². The summed E-state index contributed by atoms with van der Waals surface area (Å²) in [7, 11) is 0. The van der Waals surface area contributed by atoms with E-state index in [1.165, 1.54) is 0 Å². The van der Waals surface area contributed by atoms with E-state index in [9.17, 15) is 5.11 Å². The van der Waals surface area contributed by atoms with Gasteiger partial charge in [-0.05, 0) is 22.0 Å². The third-order valence-corrected chi connectivity index (χ3v) is 2.64. The fourth-order valence-corrected chi connectivity index (χ4v) is 1.47. The summed E-state index contributed by atoms with van der Waals surface area (Å²) in [6, 6.07) is 5.64. The number of rotatable bonds is 0. The van der Waals surface area contributed by atoms with E-state index in [0.29, 0.717) is 0 Å². The largest absolute Gasteiger partial charge is 1.00 e. The van der Waals surface area contributed by atoms with Crippen LogP contribution in [0.15, 0.2) is 18.2 Å². The van der Waals surface area contributed by atoms with E-state index in [-0.39, 0.29) is 68.0 Å². The van der Waals surface area contributed by atoms with Gasteiger partial charge in [-0.2, -0.15) is 0 Å². The molecule has 1 nitrogen and oxygen atoms in total. The van der Waals surface area contributed by atoms with Crippen LogP contribution in [0.4, 0.5) is 0 Å². The summed E-state index contributed by atoms with van der Waals surface area (Å²) in [6.07, 6.45) is 0. The maximum atomic E-state index is 11.6. The smallest absolute Gasteiger partial charge is 0.872 e. The molecule has 0 unspecified atom stereocenters. The zero-order valence-corrected chi connectivity index (χ0v) is 14.8. The first-order valence-corrected chi connectivity index (χ1v) is 5.44. The van der Waals surface area contributed by atoms with Gasteiger partial charge in [-0.3, -0.25) is 0 Å². The molecule has 0 aliphatic heterocycles. The SMILES string of the molecule is CC(C)(C)c1cc([O-])cc(C(C)(C)C)c1.[K+]. The number of hydrogen-bond acceptors (Lipinski definition) is 1. The van der Waals surface area contributed by atoms with Gasteiger partial charge in [0.05, 0.1) is 0 Å². The summed E-state index contributed by atoms with van der Waals surface area (Å²) >= 11 is 0. The minimum atomic E-state index is 0. The van der Waals surface area contributed by atoms with Gasteiger partial charge in [0.1, 0.15) is 0 Å². The van der Waals surface area contributed by atoms with Crippen molar-refractivity contribution < 1.29 is 56.5 Å². The number of hydrogen-bond donors (Lipinski definition) is 0. The minimum Gasteiger partial charge on any atom is -0.872 e. The third-order valence-electron chi connectivity index (χ3n) is 2.64. The van der Waals surface area contributed by atoms with Crippen LogP contribution in [-0.2, 0) is 10.8 Å². The van der Waals surface area contributed by atoms with Crippen molar-refractivity contribution in [1.82, 2.24) is 0 Å². The summed E-state index contributed by atoms with van der Waals surface area (Å²) in [5, 5.41) is 11.6. The van der Waals surface area contributed by atoms with Crippen molar-refractivity contribution in [2.24, 2.45) is 0 Å². The second kappa shape index (κ2) is 5.53. The molecule has 1 aromatic carbocycles. The van der Waals surface area contributed by atoms with Crippen molar-refractivity contribution in [1.29, 1.82) is 0 Å².